The molecule has 6 heteroatoms. The van der Waals surface area contributed by atoms with E-state index in [1.165, 1.54) is 18.4 Å². The molecule has 3 rings (SSSR count). The number of carboxylic acids is 1. The Kier molecular flexibility index (Phi) is 4.43. The first-order chi connectivity index (χ1) is 11.1. The maximum absolute atomic E-state index is 14.3. The number of piperidine rings is 1. The fourth-order valence-electron chi connectivity index (χ4n) is 3.14. The predicted octanol–water partition coefficient (Wildman–Crippen LogP) is 3.44. The van der Waals surface area contributed by atoms with Crippen LogP contribution in [-0.2, 0) is 4.79 Å². The summed E-state index contributed by atoms with van der Waals surface area (Å²) in [6.07, 6.45) is 2.79. The van der Waals surface area contributed by atoms with E-state index in [-0.39, 0.29) is 5.56 Å². The molecule has 1 saturated heterocycles. The molecular weight excluding hydrogens is 304 g/mol. The lowest BCUT2D eigenvalue weighted by Gasteiger charge is -2.36. The molecule has 0 bridgehead atoms. The zero-order valence-electron chi connectivity index (χ0n) is 12.4. The summed E-state index contributed by atoms with van der Waals surface area (Å²) in [6, 6.07) is 6.28. The molecule has 0 aliphatic carbocycles. The van der Waals surface area contributed by atoms with Gasteiger partial charge in [0.2, 0.25) is 0 Å². The molecule has 2 aromatic rings. The van der Waals surface area contributed by atoms with Crippen molar-refractivity contribution in [3.8, 4) is 0 Å². The summed E-state index contributed by atoms with van der Waals surface area (Å²) in [4.78, 5) is 13.2. The zero-order valence-corrected chi connectivity index (χ0v) is 12.4. The highest BCUT2D eigenvalue weighted by molar-refractivity contribution is 5.70. The molecule has 1 fully saturated rings. The Morgan fingerprint density at radius 1 is 1.35 bits per heavy atom. The van der Waals surface area contributed by atoms with E-state index in [2.05, 4.69) is 0 Å². The van der Waals surface area contributed by atoms with Gasteiger partial charge in [-0.25, -0.2) is 8.78 Å². The van der Waals surface area contributed by atoms with Crippen molar-refractivity contribution in [1.82, 2.24) is 4.90 Å². The molecule has 0 amide bonds. The van der Waals surface area contributed by atoms with Crippen molar-refractivity contribution in [1.29, 1.82) is 0 Å². The third-order valence-electron chi connectivity index (χ3n) is 4.24. The second-order valence-corrected chi connectivity index (χ2v) is 5.76. The van der Waals surface area contributed by atoms with Crippen LogP contribution in [0.1, 0.15) is 30.2 Å². The van der Waals surface area contributed by atoms with Gasteiger partial charge in [0.1, 0.15) is 17.4 Å². The van der Waals surface area contributed by atoms with Crippen molar-refractivity contribution in [2.75, 3.05) is 13.1 Å². The van der Waals surface area contributed by atoms with Crippen LogP contribution < -0.4 is 0 Å². The van der Waals surface area contributed by atoms with Crippen LogP contribution in [0.15, 0.2) is 41.0 Å². The molecule has 122 valence electrons. The Balaban J connectivity index is 1.98. The van der Waals surface area contributed by atoms with E-state index in [1.807, 2.05) is 4.90 Å². The summed E-state index contributed by atoms with van der Waals surface area (Å²) < 4.78 is 32.9. The van der Waals surface area contributed by atoms with Crippen LogP contribution in [-0.4, -0.2) is 29.1 Å². The van der Waals surface area contributed by atoms with Crippen LogP contribution in [0, 0.1) is 17.6 Å². The van der Waals surface area contributed by atoms with Gasteiger partial charge in [-0.2, -0.15) is 0 Å². The van der Waals surface area contributed by atoms with E-state index in [0.29, 0.717) is 31.7 Å². The molecule has 0 saturated carbocycles. The van der Waals surface area contributed by atoms with Crippen LogP contribution in [0.4, 0.5) is 8.78 Å². The number of benzene rings is 1. The Bertz CT molecular complexity index is 687. The van der Waals surface area contributed by atoms with Gasteiger partial charge in [0.15, 0.2) is 0 Å². The largest absolute Gasteiger partial charge is 0.481 e. The van der Waals surface area contributed by atoms with Gasteiger partial charge < -0.3 is 9.52 Å². The smallest absolute Gasteiger partial charge is 0.307 e. The van der Waals surface area contributed by atoms with Gasteiger partial charge in [-0.05, 0) is 37.6 Å². The Morgan fingerprint density at radius 2 is 2.17 bits per heavy atom. The normalized spacial score (nSPS) is 20.3. The molecule has 0 spiro atoms. The average Bonchev–Trinajstić information content (AvgIpc) is 3.04. The Labute approximate surface area is 132 Å². The first-order valence-corrected chi connectivity index (χ1v) is 7.51. The van der Waals surface area contributed by atoms with Crippen LogP contribution in [0.2, 0.25) is 0 Å². The minimum absolute atomic E-state index is 0.285. The standard InChI is InChI=1S/C17H17F2NO3/c18-12-5-6-13(14(19)9-12)16(15-4-2-8-23-15)20-7-1-3-11(10-20)17(21)22/h2,4-6,8-9,11,16H,1,3,7,10H2,(H,21,22). The molecule has 4 nitrogen and oxygen atoms in total. The van der Waals surface area contributed by atoms with Gasteiger partial charge >= 0.3 is 5.97 Å². The molecule has 1 aromatic carbocycles. The third-order valence-corrected chi connectivity index (χ3v) is 4.24. The summed E-state index contributed by atoms with van der Waals surface area (Å²) >= 11 is 0. The summed E-state index contributed by atoms with van der Waals surface area (Å²) in [6.45, 7) is 0.934. The lowest BCUT2D eigenvalue weighted by molar-refractivity contribution is -0.143. The van der Waals surface area contributed by atoms with E-state index in [9.17, 15) is 18.7 Å². The summed E-state index contributed by atoms with van der Waals surface area (Å²) in [5.74, 6) is -2.14. The average molecular weight is 321 g/mol. The van der Waals surface area contributed by atoms with Gasteiger partial charge in [0.25, 0.3) is 0 Å². The molecule has 1 aliphatic heterocycles. The van der Waals surface area contributed by atoms with E-state index in [0.717, 1.165) is 6.07 Å². The number of hydrogen-bond donors (Lipinski definition) is 1. The number of furan rings is 1. The summed E-state index contributed by atoms with van der Waals surface area (Å²) in [5, 5.41) is 9.26. The second kappa shape index (κ2) is 6.50. The lowest BCUT2D eigenvalue weighted by Crippen LogP contribution is -2.41. The molecule has 1 N–H and O–H groups in total. The molecular formula is C17H17F2NO3. The van der Waals surface area contributed by atoms with E-state index >= 15 is 0 Å². The molecule has 0 radical (unpaired) electrons. The molecule has 2 heterocycles. The van der Waals surface area contributed by atoms with Crippen LogP contribution in [0.3, 0.4) is 0 Å². The van der Waals surface area contributed by atoms with Crippen molar-refractivity contribution in [2.45, 2.75) is 18.9 Å². The minimum Gasteiger partial charge on any atom is -0.481 e. The Morgan fingerprint density at radius 3 is 2.83 bits per heavy atom. The van der Waals surface area contributed by atoms with E-state index in [4.69, 9.17) is 4.42 Å². The third kappa shape index (κ3) is 3.27. The quantitative estimate of drug-likeness (QED) is 0.937. The van der Waals surface area contributed by atoms with Gasteiger partial charge in [0, 0.05) is 18.2 Å². The van der Waals surface area contributed by atoms with Crippen molar-refractivity contribution < 1.29 is 23.1 Å². The van der Waals surface area contributed by atoms with Crippen molar-refractivity contribution >= 4 is 5.97 Å². The van der Waals surface area contributed by atoms with Crippen molar-refractivity contribution in [2.24, 2.45) is 5.92 Å². The Hall–Kier alpha value is -2.21. The number of hydrogen-bond acceptors (Lipinski definition) is 3. The van der Waals surface area contributed by atoms with Crippen LogP contribution in [0.5, 0.6) is 0 Å². The van der Waals surface area contributed by atoms with E-state index in [1.54, 1.807) is 12.1 Å². The number of nitrogens with zero attached hydrogens (tertiary/aromatic N) is 1. The number of halogens is 2. The lowest BCUT2D eigenvalue weighted by atomic mass is 9.93. The van der Waals surface area contributed by atoms with Crippen molar-refractivity contribution in [3.63, 3.8) is 0 Å². The van der Waals surface area contributed by atoms with Gasteiger partial charge in [-0.1, -0.05) is 6.07 Å². The number of aliphatic carboxylic acids is 1. The summed E-state index contributed by atoms with van der Waals surface area (Å²) in [7, 11) is 0. The summed E-state index contributed by atoms with van der Waals surface area (Å²) in [5.41, 5.74) is 0.285. The van der Waals surface area contributed by atoms with Gasteiger partial charge in [0.05, 0.1) is 18.2 Å². The molecule has 1 aliphatic rings. The first kappa shape index (κ1) is 15.7. The highest BCUT2D eigenvalue weighted by Gasteiger charge is 2.33. The van der Waals surface area contributed by atoms with Crippen LogP contribution in [0.25, 0.3) is 0 Å². The van der Waals surface area contributed by atoms with E-state index < -0.39 is 29.6 Å². The monoisotopic (exact) mass is 321 g/mol. The fourth-order valence-corrected chi connectivity index (χ4v) is 3.14. The second-order valence-electron chi connectivity index (χ2n) is 5.76. The molecule has 2 unspecified atom stereocenters. The predicted molar refractivity (Wildman–Crippen MR) is 78.8 cm³/mol. The van der Waals surface area contributed by atoms with Gasteiger partial charge in [-0.3, -0.25) is 9.69 Å². The maximum Gasteiger partial charge on any atom is 0.307 e. The SMILES string of the molecule is O=C(O)C1CCCN(C(c2ccco2)c2ccc(F)cc2F)C1. The number of rotatable bonds is 4. The highest BCUT2D eigenvalue weighted by atomic mass is 19.1. The maximum atomic E-state index is 14.3. The first-order valence-electron chi connectivity index (χ1n) is 7.51. The van der Waals surface area contributed by atoms with Crippen LogP contribution >= 0.6 is 0 Å². The fraction of sp³-hybridized carbons (Fsp3) is 0.353. The number of carbonyl (C=O) groups is 1. The van der Waals surface area contributed by atoms with Gasteiger partial charge in [-0.15, -0.1) is 0 Å². The van der Waals surface area contributed by atoms with Crippen molar-refractivity contribution in [3.05, 3.63) is 59.6 Å². The molecule has 23 heavy (non-hydrogen) atoms. The topological polar surface area (TPSA) is 53.7 Å². The minimum atomic E-state index is -0.854. The molecule has 1 aromatic heterocycles. The molecule has 2 atom stereocenters. The number of carboxylic acid groups (broad SMARTS) is 1. The number of likely N-dealkylation sites (tertiary alicyclic amines) is 1. The zero-order chi connectivity index (χ0) is 16.4. The highest BCUT2D eigenvalue weighted by Crippen LogP contribution is 2.34.